The SMILES string of the molecule is CCc1cnc(CNS(=O)(=O)C(C)C#N)s1. The van der Waals surface area contributed by atoms with Crippen molar-refractivity contribution in [1.29, 1.82) is 5.26 Å². The molecule has 0 fully saturated rings. The van der Waals surface area contributed by atoms with Gasteiger partial charge in [0.15, 0.2) is 5.25 Å². The summed E-state index contributed by atoms with van der Waals surface area (Å²) in [7, 11) is -3.55. The second kappa shape index (κ2) is 5.39. The molecule has 0 spiro atoms. The Morgan fingerprint density at radius 1 is 1.69 bits per heavy atom. The molecule has 0 aliphatic carbocycles. The Hall–Kier alpha value is -0.970. The molecule has 16 heavy (non-hydrogen) atoms. The number of thiazole rings is 1. The Morgan fingerprint density at radius 2 is 2.38 bits per heavy atom. The van der Waals surface area contributed by atoms with Gasteiger partial charge in [0, 0.05) is 11.1 Å². The van der Waals surface area contributed by atoms with Crippen molar-refractivity contribution in [3.8, 4) is 6.07 Å². The van der Waals surface area contributed by atoms with Gasteiger partial charge in [0.1, 0.15) is 5.01 Å². The number of nitrogens with one attached hydrogen (secondary N) is 1. The molecule has 1 heterocycles. The molecule has 0 bridgehead atoms. The average Bonchev–Trinajstić information content (AvgIpc) is 2.73. The Labute approximate surface area is 99.2 Å². The van der Waals surface area contributed by atoms with E-state index in [-0.39, 0.29) is 6.54 Å². The van der Waals surface area contributed by atoms with Crippen LogP contribution in [0.2, 0.25) is 0 Å². The largest absolute Gasteiger partial charge is 0.248 e. The lowest BCUT2D eigenvalue weighted by molar-refractivity contribution is 0.576. The van der Waals surface area contributed by atoms with Crippen molar-refractivity contribution in [2.45, 2.75) is 32.1 Å². The highest BCUT2D eigenvalue weighted by atomic mass is 32.2. The Kier molecular flexibility index (Phi) is 4.41. The molecule has 1 aromatic rings. The van der Waals surface area contributed by atoms with E-state index in [1.54, 1.807) is 12.3 Å². The van der Waals surface area contributed by atoms with Gasteiger partial charge in [0.05, 0.1) is 12.6 Å². The van der Waals surface area contributed by atoms with Crippen molar-refractivity contribution in [1.82, 2.24) is 9.71 Å². The van der Waals surface area contributed by atoms with Crippen LogP contribution in [0.15, 0.2) is 6.20 Å². The summed E-state index contributed by atoms with van der Waals surface area (Å²) in [5, 5.41) is 8.20. The smallest absolute Gasteiger partial charge is 0.228 e. The van der Waals surface area contributed by atoms with Gasteiger partial charge < -0.3 is 0 Å². The molecule has 1 aromatic heterocycles. The zero-order valence-corrected chi connectivity index (χ0v) is 10.7. The van der Waals surface area contributed by atoms with E-state index >= 15 is 0 Å². The van der Waals surface area contributed by atoms with Crippen LogP contribution >= 0.6 is 11.3 Å². The highest BCUT2D eigenvalue weighted by Crippen LogP contribution is 2.13. The molecule has 0 amide bonds. The molecule has 1 N–H and O–H groups in total. The molecule has 1 unspecified atom stereocenters. The van der Waals surface area contributed by atoms with E-state index in [1.165, 1.54) is 18.3 Å². The quantitative estimate of drug-likeness (QED) is 0.856. The molecular formula is C9H13N3O2S2. The maximum absolute atomic E-state index is 11.5. The van der Waals surface area contributed by atoms with Crippen molar-refractivity contribution in [3.63, 3.8) is 0 Å². The number of hydrogen-bond donors (Lipinski definition) is 1. The highest BCUT2D eigenvalue weighted by molar-refractivity contribution is 7.90. The normalized spacial score (nSPS) is 13.3. The summed E-state index contributed by atoms with van der Waals surface area (Å²) < 4.78 is 25.3. The van der Waals surface area contributed by atoms with Gasteiger partial charge >= 0.3 is 0 Å². The van der Waals surface area contributed by atoms with Gasteiger partial charge in [0.25, 0.3) is 0 Å². The minimum Gasteiger partial charge on any atom is -0.248 e. The Balaban J connectivity index is 2.62. The summed E-state index contributed by atoms with van der Waals surface area (Å²) in [4.78, 5) is 5.20. The topological polar surface area (TPSA) is 82.8 Å². The van der Waals surface area contributed by atoms with Crippen LogP contribution < -0.4 is 4.72 Å². The fourth-order valence-corrected chi connectivity index (χ4v) is 2.57. The molecule has 0 aromatic carbocycles. The number of hydrogen-bond acceptors (Lipinski definition) is 5. The second-order valence-corrected chi connectivity index (χ2v) is 6.50. The highest BCUT2D eigenvalue weighted by Gasteiger charge is 2.19. The first kappa shape index (κ1) is 13.1. The van der Waals surface area contributed by atoms with Crippen LogP contribution in [0.25, 0.3) is 0 Å². The second-order valence-electron chi connectivity index (χ2n) is 3.21. The fourth-order valence-electron chi connectivity index (χ4n) is 0.950. The van der Waals surface area contributed by atoms with Crippen molar-refractivity contribution >= 4 is 21.4 Å². The van der Waals surface area contributed by atoms with Crippen LogP contribution in [0, 0.1) is 11.3 Å². The van der Waals surface area contributed by atoms with E-state index in [4.69, 9.17) is 5.26 Å². The van der Waals surface area contributed by atoms with Gasteiger partial charge in [-0.3, -0.25) is 0 Å². The standard InChI is InChI=1S/C9H13N3O2S2/c1-3-8-5-11-9(15-8)6-12-16(13,14)7(2)4-10/h5,7,12H,3,6H2,1-2H3. The number of sulfonamides is 1. The predicted molar refractivity (Wildman–Crippen MR) is 62.3 cm³/mol. The van der Waals surface area contributed by atoms with Gasteiger partial charge in [0.2, 0.25) is 10.0 Å². The minimum atomic E-state index is -3.55. The van der Waals surface area contributed by atoms with E-state index in [1.807, 2.05) is 6.92 Å². The summed E-state index contributed by atoms with van der Waals surface area (Å²) in [6, 6.07) is 1.69. The van der Waals surface area contributed by atoms with Crippen LogP contribution in [0.5, 0.6) is 0 Å². The predicted octanol–water partition coefficient (Wildman–Crippen LogP) is 1.04. The van der Waals surface area contributed by atoms with Crippen LogP contribution in [-0.2, 0) is 23.0 Å². The van der Waals surface area contributed by atoms with Crippen LogP contribution in [0.4, 0.5) is 0 Å². The van der Waals surface area contributed by atoms with E-state index in [0.717, 1.165) is 11.3 Å². The van der Waals surface area contributed by atoms with Crippen molar-refractivity contribution in [2.24, 2.45) is 0 Å². The fraction of sp³-hybridized carbons (Fsp3) is 0.556. The zero-order valence-electron chi connectivity index (χ0n) is 9.10. The number of aryl methyl sites for hydroxylation is 1. The van der Waals surface area contributed by atoms with E-state index in [9.17, 15) is 8.42 Å². The minimum absolute atomic E-state index is 0.152. The van der Waals surface area contributed by atoms with Crippen molar-refractivity contribution in [3.05, 3.63) is 16.1 Å². The summed E-state index contributed by atoms with van der Waals surface area (Å²) in [5.74, 6) is 0. The van der Waals surface area contributed by atoms with E-state index < -0.39 is 15.3 Å². The molecule has 0 saturated carbocycles. The summed E-state index contributed by atoms with van der Waals surface area (Å²) >= 11 is 1.47. The lowest BCUT2D eigenvalue weighted by Gasteiger charge is -2.05. The van der Waals surface area contributed by atoms with Gasteiger partial charge in [-0.15, -0.1) is 11.3 Å². The van der Waals surface area contributed by atoms with E-state index in [2.05, 4.69) is 9.71 Å². The lowest BCUT2D eigenvalue weighted by Crippen LogP contribution is -2.31. The molecule has 0 radical (unpaired) electrons. The zero-order chi connectivity index (χ0) is 12.2. The third-order valence-corrected chi connectivity index (χ3v) is 4.75. The van der Waals surface area contributed by atoms with Crippen molar-refractivity contribution in [2.75, 3.05) is 0 Å². The number of nitriles is 1. The van der Waals surface area contributed by atoms with Gasteiger partial charge in [-0.2, -0.15) is 5.26 Å². The molecule has 0 aliphatic heterocycles. The van der Waals surface area contributed by atoms with Crippen LogP contribution in [0.1, 0.15) is 23.7 Å². The molecule has 1 atom stereocenters. The monoisotopic (exact) mass is 259 g/mol. The lowest BCUT2D eigenvalue weighted by atomic mass is 10.4. The Bertz CT molecular complexity index is 487. The van der Waals surface area contributed by atoms with Gasteiger partial charge in [-0.05, 0) is 13.3 Å². The molecule has 7 heteroatoms. The first-order valence-corrected chi connectivity index (χ1v) is 7.17. The third-order valence-electron chi connectivity index (χ3n) is 2.02. The molecule has 88 valence electrons. The Morgan fingerprint density at radius 3 is 2.88 bits per heavy atom. The molecule has 0 saturated heterocycles. The van der Waals surface area contributed by atoms with Crippen molar-refractivity contribution < 1.29 is 8.42 Å². The first-order chi connectivity index (χ1) is 7.49. The first-order valence-electron chi connectivity index (χ1n) is 4.81. The van der Waals surface area contributed by atoms with Crippen LogP contribution in [-0.4, -0.2) is 18.7 Å². The number of rotatable bonds is 5. The molecule has 0 aliphatic rings. The van der Waals surface area contributed by atoms with E-state index in [0.29, 0.717) is 5.01 Å². The molecular weight excluding hydrogens is 246 g/mol. The third kappa shape index (κ3) is 3.27. The maximum atomic E-state index is 11.5. The summed E-state index contributed by atoms with van der Waals surface area (Å²) in [6.45, 7) is 3.51. The maximum Gasteiger partial charge on any atom is 0.228 e. The number of aromatic nitrogens is 1. The summed E-state index contributed by atoms with van der Waals surface area (Å²) in [5.41, 5.74) is 0. The average molecular weight is 259 g/mol. The van der Waals surface area contributed by atoms with Gasteiger partial charge in [-0.1, -0.05) is 6.92 Å². The summed E-state index contributed by atoms with van der Waals surface area (Å²) in [6.07, 6.45) is 2.63. The molecule has 1 rings (SSSR count). The molecule has 5 nitrogen and oxygen atoms in total. The number of nitrogens with zero attached hydrogens (tertiary/aromatic N) is 2. The van der Waals surface area contributed by atoms with Gasteiger partial charge in [-0.25, -0.2) is 18.1 Å². The van der Waals surface area contributed by atoms with Crippen LogP contribution in [0.3, 0.4) is 0 Å².